The predicted octanol–water partition coefficient (Wildman–Crippen LogP) is 5.79. The van der Waals surface area contributed by atoms with E-state index in [4.69, 9.17) is 16.3 Å². The lowest BCUT2D eigenvalue weighted by atomic mass is 10.0. The van der Waals surface area contributed by atoms with Gasteiger partial charge in [-0.1, -0.05) is 30.5 Å². The smallest absolute Gasteiger partial charge is 0.267 e. The van der Waals surface area contributed by atoms with Gasteiger partial charge in [-0.3, -0.25) is 4.72 Å². The number of nitrogens with one attached hydrogen (secondary N) is 2. The first-order chi connectivity index (χ1) is 17.7. The van der Waals surface area contributed by atoms with Crippen molar-refractivity contribution < 1.29 is 21.9 Å². The highest BCUT2D eigenvalue weighted by Gasteiger charge is 2.25. The van der Waals surface area contributed by atoms with Crippen LogP contribution in [0, 0.1) is 11.6 Å². The number of nitrogens with zero attached hydrogens (tertiary/aromatic N) is 3. The van der Waals surface area contributed by atoms with Crippen LogP contribution in [0.2, 0.25) is 5.02 Å². The normalized spacial score (nSPS) is 14.2. The van der Waals surface area contributed by atoms with Crippen molar-refractivity contribution in [1.29, 1.82) is 0 Å². The lowest BCUT2D eigenvalue weighted by Crippen LogP contribution is -2.16. The lowest BCUT2D eigenvalue weighted by molar-refractivity contribution is 0.385. The van der Waals surface area contributed by atoms with Crippen molar-refractivity contribution in [2.24, 2.45) is 0 Å². The number of aromatic nitrogens is 3. The number of hydrogen-bond acceptors (Lipinski definition) is 7. The molecule has 0 amide bonds. The van der Waals surface area contributed by atoms with Crippen LogP contribution in [0.25, 0.3) is 22.0 Å². The Balaban J connectivity index is 1.48. The Labute approximate surface area is 217 Å². The highest BCUT2D eigenvalue weighted by Crippen LogP contribution is 2.34. The molecule has 0 atom stereocenters. The Hall–Kier alpha value is -3.57. The SMILES string of the molecule is COc1ncc(Cl)cc1S(=O)(=O)Nc1ccc(F)c(-c2ccc3nc(NC4CCCC4)ncc3c2)c1F. The molecule has 2 heterocycles. The molecule has 0 saturated heterocycles. The maximum atomic E-state index is 15.5. The fraction of sp³-hybridized carbons (Fsp3) is 0.240. The number of pyridine rings is 1. The largest absolute Gasteiger partial charge is 0.480 e. The zero-order valence-electron chi connectivity index (χ0n) is 19.6. The highest BCUT2D eigenvalue weighted by molar-refractivity contribution is 7.92. The molecule has 5 rings (SSSR count). The van der Waals surface area contributed by atoms with E-state index in [9.17, 15) is 12.8 Å². The summed E-state index contributed by atoms with van der Waals surface area (Å²) in [5.41, 5.74) is -0.0412. The van der Waals surface area contributed by atoms with Crippen LogP contribution in [-0.2, 0) is 10.0 Å². The van der Waals surface area contributed by atoms with Crippen LogP contribution < -0.4 is 14.8 Å². The van der Waals surface area contributed by atoms with Gasteiger partial charge in [0.2, 0.25) is 11.8 Å². The predicted molar refractivity (Wildman–Crippen MR) is 137 cm³/mol. The number of hydrogen-bond donors (Lipinski definition) is 2. The molecule has 1 saturated carbocycles. The van der Waals surface area contributed by atoms with Crippen molar-refractivity contribution in [2.45, 2.75) is 36.6 Å². The zero-order valence-corrected chi connectivity index (χ0v) is 21.2. The van der Waals surface area contributed by atoms with Crippen LogP contribution >= 0.6 is 11.6 Å². The second kappa shape index (κ2) is 10.1. The summed E-state index contributed by atoms with van der Waals surface area (Å²) in [6.45, 7) is 0. The summed E-state index contributed by atoms with van der Waals surface area (Å²) in [5, 5.41) is 3.94. The van der Waals surface area contributed by atoms with E-state index < -0.39 is 37.8 Å². The molecule has 0 bridgehead atoms. The first kappa shape index (κ1) is 25.1. The molecule has 8 nitrogen and oxygen atoms in total. The van der Waals surface area contributed by atoms with Crippen molar-refractivity contribution in [3.05, 3.63) is 65.4 Å². The first-order valence-electron chi connectivity index (χ1n) is 11.5. The van der Waals surface area contributed by atoms with Crippen molar-refractivity contribution in [3.8, 4) is 17.0 Å². The molecule has 1 aliphatic carbocycles. The summed E-state index contributed by atoms with van der Waals surface area (Å²) < 4.78 is 63.5. The Bertz CT molecular complexity index is 1600. The molecule has 12 heteroatoms. The second-order valence-electron chi connectivity index (χ2n) is 8.64. The van der Waals surface area contributed by atoms with E-state index in [0.29, 0.717) is 22.9 Å². The molecule has 37 heavy (non-hydrogen) atoms. The molecular formula is C25H22ClF2N5O3S. The molecule has 0 unspecified atom stereocenters. The van der Waals surface area contributed by atoms with E-state index in [1.807, 2.05) is 0 Å². The van der Waals surface area contributed by atoms with Crippen LogP contribution in [-0.4, -0.2) is 36.5 Å². The molecule has 1 fully saturated rings. The lowest BCUT2D eigenvalue weighted by Gasteiger charge is -2.14. The summed E-state index contributed by atoms with van der Waals surface area (Å²) in [6.07, 6.45) is 7.28. The van der Waals surface area contributed by atoms with E-state index in [2.05, 4.69) is 25.0 Å². The van der Waals surface area contributed by atoms with Gasteiger partial charge in [0.1, 0.15) is 5.82 Å². The number of methoxy groups -OCH3 is 1. The van der Waals surface area contributed by atoms with Gasteiger partial charge in [0, 0.05) is 23.8 Å². The van der Waals surface area contributed by atoms with Crippen molar-refractivity contribution in [3.63, 3.8) is 0 Å². The van der Waals surface area contributed by atoms with Gasteiger partial charge in [0.25, 0.3) is 10.0 Å². The third-order valence-electron chi connectivity index (χ3n) is 6.16. The summed E-state index contributed by atoms with van der Waals surface area (Å²) in [6, 6.07) is 8.17. The number of benzene rings is 2. The minimum atomic E-state index is -4.37. The first-order valence-corrected chi connectivity index (χ1v) is 13.4. The standard InChI is InChI=1S/C25H22ClF2N5O3S/c1-36-24-21(11-16(26)13-29-24)37(34,35)33-20-9-7-18(27)22(23(20)28)14-6-8-19-15(10-14)12-30-25(32-19)31-17-4-2-3-5-17/h6-13,17,33H,2-5H2,1H3,(H,30,31,32). The molecular weight excluding hydrogens is 524 g/mol. The van der Waals surface area contributed by atoms with Gasteiger partial charge in [0.05, 0.1) is 28.9 Å². The molecule has 0 radical (unpaired) electrons. The summed E-state index contributed by atoms with van der Waals surface area (Å²) in [7, 11) is -3.13. The van der Waals surface area contributed by atoms with E-state index in [1.54, 1.807) is 18.3 Å². The topological polar surface area (TPSA) is 106 Å². The van der Waals surface area contributed by atoms with E-state index in [1.165, 1.54) is 32.2 Å². The Morgan fingerprint density at radius 3 is 2.59 bits per heavy atom. The molecule has 0 spiro atoms. The molecule has 192 valence electrons. The fourth-order valence-corrected chi connectivity index (χ4v) is 5.79. The van der Waals surface area contributed by atoms with Crippen molar-refractivity contribution >= 4 is 44.2 Å². The van der Waals surface area contributed by atoms with Crippen LogP contribution in [0.15, 0.2) is 53.7 Å². The minimum absolute atomic E-state index is 0.0430. The third kappa shape index (κ3) is 5.14. The van der Waals surface area contributed by atoms with Gasteiger partial charge >= 0.3 is 0 Å². The average molecular weight is 546 g/mol. The minimum Gasteiger partial charge on any atom is -0.480 e. The van der Waals surface area contributed by atoms with Crippen LogP contribution in [0.1, 0.15) is 25.7 Å². The number of ether oxygens (including phenoxy) is 1. The Kier molecular flexibility index (Phi) is 6.82. The molecule has 2 aromatic carbocycles. The van der Waals surface area contributed by atoms with Gasteiger partial charge in [-0.15, -0.1) is 0 Å². The molecule has 1 aliphatic rings. The van der Waals surface area contributed by atoms with Crippen LogP contribution in [0.5, 0.6) is 5.88 Å². The number of rotatable bonds is 7. The fourth-order valence-electron chi connectivity index (χ4n) is 4.36. The van der Waals surface area contributed by atoms with Crippen LogP contribution in [0.3, 0.4) is 0 Å². The second-order valence-corrected chi connectivity index (χ2v) is 10.7. The zero-order chi connectivity index (χ0) is 26.2. The number of halogens is 3. The molecule has 4 aromatic rings. The summed E-state index contributed by atoms with van der Waals surface area (Å²) in [5.74, 6) is -1.66. The monoisotopic (exact) mass is 545 g/mol. The van der Waals surface area contributed by atoms with E-state index >= 15 is 4.39 Å². The highest BCUT2D eigenvalue weighted by atomic mass is 35.5. The van der Waals surface area contributed by atoms with Gasteiger partial charge in [-0.05, 0) is 48.7 Å². The molecule has 2 N–H and O–H groups in total. The Morgan fingerprint density at radius 2 is 1.84 bits per heavy atom. The Morgan fingerprint density at radius 1 is 1.05 bits per heavy atom. The van der Waals surface area contributed by atoms with Crippen molar-refractivity contribution in [2.75, 3.05) is 17.1 Å². The van der Waals surface area contributed by atoms with Gasteiger partial charge in [-0.2, -0.15) is 0 Å². The van der Waals surface area contributed by atoms with Crippen LogP contribution in [0.4, 0.5) is 20.4 Å². The maximum absolute atomic E-state index is 15.5. The van der Waals surface area contributed by atoms with E-state index in [0.717, 1.165) is 31.0 Å². The number of fused-ring (bicyclic) bond motifs is 1. The van der Waals surface area contributed by atoms with E-state index in [-0.39, 0.29) is 16.5 Å². The molecule has 0 aliphatic heterocycles. The number of sulfonamides is 1. The van der Waals surface area contributed by atoms with Gasteiger partial charge in [-0.25, -0.2) is 32.2 Å². The van der Waals surface area contributed by atoms with Gasteiger partial charge in [0.15, 0.2) is 10.7 Å². The summed E-state index contributed by atoms with van der Waals surface area (Å²) >= 11 is 5.89. The maximum Gasteiger partial charge on any atom is 0.267 e. The summed E-state index contributed by atoms with van der Waals surface area (Å²) in [4.78, 5) is 12.3. The van der Waals surface area contributed by atoms with Crippen molar-refractivity contribution in [1.82, 2.24) is 15.0 Å². The third-order valence-corrected chi connectivity index (χ3v) is 7.73. The quantitative estimate of drug-likeness (QED) is 0.303. The average Bonchev–Trinajstić information content (AvgIpc) is 3.39. The molecule has 2 aromatic heterocycles. The number of anilines is 2. The van der Waals surface area contributed by atoms with Gasteiger partial charge < -0.3 is 10.1 Å².